The number of nitrogens with zero attached hydrogens (tertiary/aromatic N) is 1. The number of phenols is 1. The molecule has 0 bridgehead atoms. The minimum atomic E-state index is 0.375. The summed E-state index contributed by atoms with van der Waals surface area (Å²) in [6.07, 6.45) is 2.22. The zero-order chi connectivity index (χ0) is 11.2. The molecule has 3 nitrogen and oxygen atoms in total. The van der Waals surface area contributed by atoms with Gasteiger partial charge in [0.2, 0.25) is 0 Å². The highest BCUT2D eigenvalue weighted by atomic mass is 16.3. The Bertz CT molecular complexity index is 321. The van der Waals surface area contributed by atoms with E-state index in [0.717, 1.165) is 26.1 Å². The summed E-state index contributed by atoms with van der Waals surface area (Å²) in [6.45, 7) is 5.73. The molecule has 0 radical (unpaired) electrons. The van der Waals surface area contributed by atoms with E-state index in [4.69, 9.17) is 0 Å². The molecule has 16 heavy (non-hydrogen) atoms. The molecule has 1 aliphatic heterocycles. The molecule has 3 heteroatoms. The van der Waals surface area contributed by atoms with E-state index in [2.05, 4.69) is 16.3 Å². The standard InChI is InChI=1S/C13H20N2O/c16-13-5-1-3-12(11-13)4-2-8-15-9-6-14-7-10-15/h1,3,5,11,14,16H,2,4,6-10H2. The van der Waals surface area contributed by atoms with E-state index in [1.54, 1.807) is 6.07 Å². The predicted molar refractivity (Wildman–Crippen MR) is 65.7 cm³/mol. The van der Waals surface area contributed by atoms with Crippen LogP contribution in [-0.2, 0) is 6.42 Å². The van der Waals surface area contributed by atoms with Crippen molar-refractivity contribution in [2.75, 3.05) is 32.7 Å². The van der Waals surface area contributed by atoms with E-state index in [1.165, 1.54) is 25.1 Å². The molecule has 1 aromatic carbocycles. The van der Waals surface area contributed by atoms with Gasteiger partial charge in [0.15, 0.2) is 0 Å². The van der Waals surface area contributed by atoms with Crippen LogP contribution in [0.2, 0.25) is 0 Å². The minimum absolute atomic E-state index is 0.375. The summed E-state index contributed by atoms with van der Waals surface area (Å²) < 4.78 is 0. The number of hydrogen-bond donors (Lipinski definition) is 2. The molecule has 1 aromatic rings. The third-order valence-electron chi connectivity index (χ3n) is 3.06. The summed E-state index contributed by atoms with van der Waals surface area (Å²) in [4.78, 5) is 2.50. The fourth-order valence-corrected chi connectivity index (χ4v) is 2.15. The van der Waals surface area contributed by atoms with Gasteiger partial charge in [-0.15, -0.1) is 0 Å². The molecule has 0 aliphatic carbocycles. The van der Waals surface area contributed by atoms with Crippen LogP contribution in [0.3, 0.4) is 0 Å². The SMILES string of the molecule is Oc1cccc(CCCN2CCNCC2)c1. The molecule has 0 spiro atoms. The first-order valence-corrected chi connectivity index (χ1v) is 6.05. The number of benzene rings is 1. The lowest BCUT2D eigenvalue weighted by atomic mass is 10.1. The highest BCUT2D eigenvalue weighted by Gasteiger charge is 2.08. The normalized spacial score (nSPS) is 17.5. The van der Waals surface area contributed by atoms with Gasteiger partial charge in [0, 0.05) is 26.2 Å². The second-order valence-corrected chi connectivity index (χ2v) is 4.37. The highest BCUT2D eigenvalue weighted by molar-refractivity contribution is 5.27. The Morgan fingerprint density at radius 3 is 2.81 bits per heavy atom. The molecule has 0 atom stereocenters. The van der Waals surface area contributed by atoms with Crippen LogP contribution in [0.4, 0.5) is 0 Å². The lowest BCUT2D eigenvalue weighted by Crippen LogP contribution is -2.43. The van der Waals surface area contributed by atoms with Crippen molar-refractivity contribution in [3.05, 3.63) is 29.8 Å². The van der Waals surface area contributed by atoms with Gasteiger partial charge in [-0.05, 0) is 37.1 Å². The van der Waals surface area contributed by atoms with E-state index in [0.29, 0.717) is 5.75 Å². The van der Waals surface area contributed by atoms with Crippen molar-refractivity contribution in [3.63, 3.8) is 0 Å². The molecule has 1 heterocycles. The average Bonchev–Trinajstić information content (AvgIpc) is 2.30. The number of phenolic OH excluding ortho intramolecular Hbond substituents is 1. The quantitative estimate of drug-likeness (QED) is 0.801. The average molecular weight is 220 g/mol. The highest BCUT2D eigenvalue weighted by Crippen LogP contribution is 2.12. The van der Waals surface area contributed by atoms with Crippen molar-refractivity contribution in [3.8, 4) is 5.75 Å². The van der Waals surface area contributed by atoms with Crippen LogP contribution in [0.15, 0.2) is 24.3 Å². The van der Waals surface area contributed by atoms with Crippen molar-refractivity contribution in [1.29, 1.82) is 0 Å². The van der Waals surface area contributed by atoms with Gasteiger partial charge in [-0.3, -0.25) is 0 Å². The van der Waals surface area contributed by atoms with Crippen LogP contribution >= 0.6 is 0 Å². The van der Waals surface area contributed by atoms with Gasteiger partial charge in [-0.1, -0.05) is 12.1 Å². The number of rotatable bonds is 4. The lowest BCUT2D eigenvalue weighted by molar-refractivity contribution is 0.238. The summed E-state index contributed by atoms with van der Waals surface area (Å²) in [5.41, 5.74) is 1.23. The van der Waals surface area contributed by atoms with Crippen LogP contribution in [-0.4, -0.2) is 42.7 Å². The third kappa shape index (κ3) is 3.51. The molecule has 2 N–H and O–H groups in total. The zero-order valence-electron chi connectivity index (χ0n) is 9.65. The Morgan fingerprint density at radius 1 is 1.25 bits per heavy atom. The molecule has 1 saturated heterocycles. The Hall–Kier alpha value is -1.06. The molecule has 1 fully saturated rings. The Kier molecular flexibility index (Phi) is 4.19. The zero-order valence-corrected chi connectivity index (χ0v) is 9.65. The predicted octanol–water partition coefficient (Wildman–Crippen LogP) is 1.23. The van der Waals surface area contributed by atoms with E-state index < -0.39 is 0 Å². The molecule has 0 saturated carbocycles. The van der Waals surface area contributed by atoms with Crippen LogP contribution in [0.5, 0.6) is 5.75 Å². The van der Waals surface area contributed by atoms with Crippen molar-refractivity contribution in [2.45, 2.75) is 12.8 Å². The number of aryl methyl sites for hydroxylation is 1. The van der Waals surface area contributed by atoms with Gasteiger partial charge < -0.3 is 15.3 Å². The number of piperazine rings is 1. The summed E-state index contributed by atoms with van der Waals surface area (Å²) in [5, 5.41) is 12.7. The molecule has 0 unspecified atom stereocenters. The van der Waals surface area contributed by atoms with Crippen molar-refractivity contribution >= 4 is 0 Å². The maximum Gasteiger partial charge on any atom is 0.115 e. The molecular formula is C13H20N2O. The smallest absolute Gasteiger partial charge is 0.115 e. The number of aromatic hydroxyl groups is 1. The van der Waals surface area contributed by atoms with Crippen molar-refractivity contribution in [1.82, 2.24) is 10.2 Å². The van der Waals surface area contributed by atoms with E-state index >= 15 is 0 Å². The second kappa shape index (κ2) is 5.87. The van der Waals surface area contributed by atoms with Gasteiger partial charge in [0.05, 0.1) is 0 Å². The summed E-state index contributed by atoms with van der Waals surface area (Å²) >= 11 is 0. The largest absolute Gasteiger partial charge is 0.508 e. The van der Waals surface area contributed by atoms with E-state index in [1.807, 2.05) is 12.1 Å². The Labute approximate surface area is 97.1 Å². The third-order valence-corrected chi connectivity index (χ3v) is 3.06. The maximum atomic E-state index is 9.34. The first-order chi connectivity index (χ1) is 7.84. The molecule has 1 aliphatic rings. The van der Waals surface area contributed by atoms with Crippen LogP contribution in [0.25, 0.3) is 0 Å². The fourth-order valence-electron chi connectivity index (χ4n) is 2.15. The second-order valence-electron chi connectivity index (χ2n) is 4.37. The van der Waals surface area contributed by atoms with E-state index in [9.17, 15) is 5.11 Å². The molecular weight excluding hydrogens is 200 g/mol. The summed E-state index contributed by atoms with van der Waals surface area (Å²) in [6, 6.07) is 7.57. The van der Waals surface area contributed by atoms with Gasteiger partial charge >= 0.3 is 0 Å². The molecule has 0 aromatic heterocycles. The summed E-state index contributed by atoms with van der Waals surface area (Å²) in [5.74, 6) is 0.375. The summed E-state index contributed by atoms with van der Waals surface area (Å²) in [7, 11) is 0. The van der Waals surface area contributed by atoms with Crippen molar-refractivity contribution < 1.29 is 5.11 Å². The number of nitrogens with one attached hydrogen (secondary N) is 1. The molecule has 88 valence electrons. The van der Waals surface area contributed by atoms with Gasteiger partial charge in [-0.25, -0.2) is 0 Å². The maximum absolute atomic E-state index is 9.34. The van der Waals surface area contributed by atoms with Crippen LogP contribution in [0.1, 0.15) is 12.0 Å². The lowest BCUT2D eigenvalue weighted by Gasteiger charge is -2.27. The fraction of sp³-hybridized carbons (Fsp3) is 0.538. The van der Waals surface area contributed by atoms with Gasteiger partial charge in [-0.2, -0.15) is 0 Å². The Balaban J connectivity index is 1.71. The van der Waals surface area contributed by atoms with Gasteiger partial charge in [0.1, 0.15) is 5.75 Å². The van der Waals surface area contributed by atoms with Gasteiger partial charge in [0.25, 0.3) is 0 Å². The minimum Gasteiger partial charge on any atom is -0.508 e. The van der Waals surface area contributed by atoms with Crippen LogP contribution < -0.4 is 5.32 Å². The molecule has 0 amide bonds. The Morgan fingerprint density at radius 2 is 2.06 bits per heavy atom. The molecule has 2 rings (SSSR count). The topological polar surface area (TPSA) is 35.5 Å². The monoisotopic (exact) mass is 220 g/mol. The number of hydrogen-bond acceptors (Lipinski definition) is 3. The van der Waals surface area contributed by atoms with Crippen molar-refractivity contribution in [2.24, 2.45) is 0 Å². The van der Waals surface area contributed by atoms with E-state index in [-0.39, 0.29) is 0 Å². The first-order valence-electron chi connectivity index (χ1n) is 6.05. The first kappa shape index (κ1) is 11.4. The van der Waals surface area contributed by atoms with Crippen LogP contribution in [0, 0.1) is 0 Å².